The minimum Gasteiger partial charge on any atom is -0.462 e. The van der Waals surface area contributed by atoms with Crippen LogP contribution in [-0.2, 0) is 42.2 Å². The molecule has 70 heavy (non-hydrogen) atoms. The SMILES string of the molecule is CC/C=C\C/C=C\C/C=C\C/C=C\CCCCCCC(=O)OC(COC(=O)CCCCCCC/C=C\CCCC)COP(=O)(O)OCC(CO)OC(=O)CCCCCCC/C=C\C/C=C\C/C=C\CC. The van der Waals surface area contributed by atoms with Gasteiger partial charge in [0.1, 0.15) is 12.7 Å². The first-order valence-corrected chi connectivity index (χ1v) is 28.6. The molecule has 0 fully saturated rings. The fraction of sp³-hybridized carbons (Fsp3) is 0.672. The number of unbranched alkanes of at least 4 members (excludes halogenated alkanes) is 16. The summed E-state index contributed by atoms with van der Waals surface area (Å²) in [5, 5.41) is 9.79. The highest BCUT2D eigenvalue weighted by molar-refractivity contribution is 7.47. The number of phosphoric ester groups is 1. The Balaban J connectivity index is 4.78. The Kier molecular flexibility index (Phi) is 49.1. The van der Waals surface area contributed by atoms with Gasteiger partial charge in [0.25, 0.3) is 0 Å². The van der Waals surface area contributed by atoms with Gasteiger partial charge in [-0.2, -0.15) is 0 Å². The van der Waals surface area contributed by atoms with Gasteiger partial charge in [-0.3, -0.25) is 23.4 Å². The first-order valence-electron chi connectivity index (χ1n) is 27.1. The largest absolute Gasteiger partial charge is 0.472 e. The second kappa shape index (κ2) is 51.7. The summed E-state index contributed by atoms with van der Waals surface area (Å²) < 4.78 is 39.4. The van der Waals surface area contributed by atoms with Gasteiger partial charge >= 0.3 is 25.7 Å². The molecule has 2 N–H and O–H groups in total. The highest BCUT2D eigenvalue weighted by Gasteiger charge is 2.28. The summed E-state index contributed by atoms with van der Waals surface area (Å²) in [6.45, 7) is 4.30. The second-order valence-corrected chi connectivity index (χ2v) is 19.1. The van der Waals surface area contributed by atoms with Crippen LogP contribution in [0.5, 0.6) is 0 Å². The summed E-state index contributed by atoms with van der Waals surface area (Å²) in [5.74, 6) is -1.53. The zero-order chi connectivity index (χ0) is 51.3. The number of rotatable bonds is 49. The van der Waals surface area contributed by atoms with E-state index < -0.39 is 57.8 Å². The fourth-order valence-corrected chi connectivity index (χ4v) is 7.65. The third-order valence-electron chi connectivity index (χ3n) is 11.0. The molecule has 0 aliphatic carbocycles. The van der Waals surface area contributed by atoms with E-state index in [2.05, 4.69) is 118 Å². The predicted octanol–water partition coefficient (Wildman–Crippen LogP) is 15.7. The van der Waals surface area contributed by atoms with Crippen molar-refractivity contribution in [3.05, 3.63) is 97.2 Å². The summed E-state index contributed by atoms with van der Waals surface area (Å²) in [6.07, 6.45) is 59.4. The van der Waals surface area contributed by atoms with Crippen LogP contribution >= 0.6 is 7.82 Å². The lowest BCUT2D eigenvalue weighted by Crippen LogP contribution is -2.30. The molecule has 0 spiro atoms. The number of aliphatic hydroxyl groups is 1. The van der Waals surface area contributed by atoms with Gasteiger partial charge in [-0.15, -0.1) is 0 Å². The van der Waals surface area contributed by atoms with Crippen molar-refractivity contribution < 1.29 is 52.2 Å². The first kappa shape index (κ1) is 66.4. The monoisotopic (exact) mass is 1000 g/mol. The maximum atomic E-state index is 12.9. The van der Waals surface area contributed by atoms with E-state index in [-0.39, 0.29) is 25.9 Å². The topological polar surface area (TPSA) is 155 Å². The first-order chi connectivity index (χ1) is 34.2. The molecule has 0 aromatic rings. The van der Waals surface area contributed by atoms with Crippen molar-refractivity contribution >= 4 is 25.7 Å². The van der Waals surface area contributed by atoms with E-state index in [1.165, 1.54) is 12.8 Å². The lowest BCUT2D eigenvalue weighted by molar-refractivity contribution is -0.161. The number of phosphoric acid groups is 1. The Morgan fingerprint density at radius 2 is 0.743 bits per heavy atom. The lowest BCUT2D eigenvalue weighted by Gasteiger charge is -2.21. The molecule has 0 rings (SSSR count). The predicted molar refractivity (Wildman–Crippen MR) is 288 cm³/mol. The van der Waals surface area contributed by atoms with Gasteiger partial charge in [-0.25, -0.2) is 4.57 Å². The van der Waals surface area contributed by atoms with Crippen LogP contribution in [0.1, 0.15) is 213 Å². The second-order valence-electron chi connectivity index (χ2n) is 17.6. The smallest absolute Gasteiger partial charge is 0.462 e. The molecule has 3 atom stereocenters. The molecule has 11 nitrogen and oxygen atoms in total. The summed E-state index contributed by atoms with van der Waals surface area (Å²) in [4.78, 5) is 48.4. The van der Waals surface area contributed by atoms with E-state index in [1.807, 2.05) is 0 Å². The van der Waals surface area contributed by atoms with Gasteiger partial charge in [-0.05, 0) is 109 Å². The van der Waals surface area contributed by atoms with Crippen LogP contribution in [0, 0.1) is 0 Å². The summed E-state index contributed by atoms with van der Waals surface area (Å²) in [6, 6.07) is 0. The number of aliphatic hydroxyl groups excluding tert-OH is 1. The van der Waals surface area contributed by atoms with Gasteiger partial charge in [0.2, 0.25) is 0 Å². The van der Waals surface area contributed by atoms with E-state index in [9.17, 15) is 28.9 Å². The molecular formula is C58H97O11P. The van der Waals surface area contributed by atoms with Gasteiger partial charge in [-0.1, -0.05) is 182 Å². The molecular weight excluding hydrogens is 904 g/mol. The van der Waals surface area contributed by atoms with E-state index in [0.29, 0.717) is 19.3 Å². The lowest BCUT2D eigenvalue weighted by atomic mass is 10.1. The van der Waals surface area contributed by atoms with Crippen LogP contribution < -0.4 is 0 Å². The third-order valence-corrected chi connectivity index (χ3v) is 11.9. The van der Waals surface area contributed by atoms with Crippen LogP contribution in [0.25, 0.3) is 0 Å². The van der Waals surface area contributed by atoms with Gasteiger partial charge in [0, 0.05) is 19.3 Å². The quantitative estimate of drug-likeness (QED) is 0.0197. The molecule has 0 aliphatic heterocycles. The van der Waals surface area contributed by atoms with Crippen LogP contribution in [0.3, 0.4) is 0 Å². The number of ether oxygens (including phenoxy) is 3. The van der Waals surface area contributed by atoms with Gasteiger partial charge in [0.05, 0.1) is 19.8 Å². The molecule has 0 saturated carbocycles. The number of hydrogen-bond acceptors (Lipinski definition) is 10. The number of allylic oxidation sites excluding steroid dienone is 16. The number of carbonyl (C=O) groups is 3. The maximum Gasteiger partial charge on any atom is 0.472 e. The standard InChI is InChI=1S/C58H97O11P/c1-4-7-10-13-16-19-22-24-26-27-29-31-34-37-40-43-46-49-58(62)69-55(51-65-56(60)47-44-41-38-35-32-21-18-15-12-9-6-3)53-67-70(63,64)66-52-54(50-59)68-57(61)48-45-42-39-36-33-30-28-25-23-20-17-14-11-8-5-2/h7-8,10-11,15-20,24-26,28-29,31,54-55,59H,4-6,9,12-14,21-23,27,30,32-53H2,1-3H3,(H,63,64)/b10-7-,11-8-,18-15-,19-16-,20-17-,26-24-,28-25-,31-29-. The summed E-state index contributed by atoms with van der Waals surface area (Å²) >= 11 is 0. The maximum absolute atomic E-state index is 12.9. The Bertz CT molecular complexity index is 1540. The van der Waals surface area contributed by atoms with E-state index in [4.69, 9.17) is 23.3 Å². The molecule has 0 heterocycles. The molecule has 0 amide bonds. The Morgan fingerprint density at radius 3 is 1.16 bits per heavy atom. The van der Waals surface area contributed by atoms with Crippen molar-refractivity contribution in [2.45, 2.75) is 226 Å². The van der Waals surface area contributed by atoms with E-state index >= 15 is 0 Å². The molecule has 0 aromatic heterocycles. The highest BCUT2D eigenvalue weighted by atomic mass is 31.2. The Hall–Kier alpha value is -3.60. The van der Waals surface area contributed by atoms with E-state index in [0.717, 1.165) is 141 Å². The van der Waals surface area contributed by atoms with Crippen LogP contribution in [-0.4, -0.2) is 66.5 Å². The van der Waals surface area contributed by atoms with Crippen LogP contribution in [0.2, 0.25) is 0 Å². The van der Waals surface area contributed by atoms with Crippen molar-refractivity contribution in [3.8, 4) is 0 Å². The normalized spacial score (nSPS) is 14.2. The number of hydrogen-bond donors (Lipinski definition) is 2. The van der Waals surface area contributed by atoms with Crippen molar-refractivity contribution in [2.24, 2.45) is 0 Å². The molecule has 400 valence electrons. The van der Waals surface area contributed by atoms with Gasteiger partial charge < -0.3 is 24.2 Å². The molecule has 0 bridgehead atoms. The van der Waals surface area contributed by atoms with Crippen molar-refractivity contribution in [1.29, 1.82) is 0 Å². The number of carbonyl (C=O) groups excluding carboxylic acids is 3. The average molecular weight is 1000 g/mol. The van der Waals surface area contributed by atoms with Crippen molar-refractivity contribution in [1.82, 2.24) is 0 Å². The Morgan fingerprint density at radius 1 is 0.414 bits per heavy atom. The van der Waals surface area contributed by atoms with E-state index in [1.54, 1.807) is 0 Å². The summed E-state index contributed by atoms with van der Waals surface area (Å²) in [5.41, 5.74) is 0. The van der Waals surface area contributed by atoms with Gasteiger partial charge in [0.15, 0.2) is 6.10 Å². The Labute approximate surface area is 425 Å². The molecule has 0 aromatic carbocycles. The fourth-order valence-electron chi connectivity index (χ4n) is 6.87. The zero-order valence-electron chi connectivity index (χ0n) is 43.9. The van der Waals surface area contributed by atoms with Crippen LogP contribution in [0.15, 0.2) is 97.2 Å². The molecule has 0 saturated heterocycles. The molecule has 12 heteroatoms. The summed E-state index contributed by atoms with van der Waals surface area (Å²) in [7, 11) is -4.76. The van der Waals surface area contributed by atoms with Crippen molar-refractivity contribution in [3.63, 3.8) is 0 Å². The highest BCUT2D eigenvalue weighted by Crippen LogP contribution is 2.43. The minimum atomic E-state index is -4.76. The molecule has 3 unspecified atom stereocenters. The number of esters is 3. The zero-order valence-corrected chi connectivity index (χ0v) is 44.8. The van der Waals surface area contributed by atoms with Crippen LogP contribution in [0.4, 0.5) is 0 Å². The average Bonchev–Trinajstić information content (AvgIpc) is 3.35. The third kappa shape index (κ3) is 49.4. The van der Waals surface area contributed by atoms with Crippen molar-refractivity contribution in [2.75, 3.05) is 26.4 Å². The minimum absolute atomic E-state index is 0.132. The molecule has 0 aliphatic rings. The molecule has 0 radical (unpaired) electrons.